The average molecular weight is 503 g/mol. The van der Waals surface area contributed by atoms with Gasteiger partial charge in [0.15, 0.2) is 5.78 Å². The molecule has 32 heavy (non-hydrogen) atoms. The second-order valence-corrected chi connectivity index (χ2v) is 9.24. The molecule has 0 radical (unpaired) electrons. The number of Topliss-reactive ketones (excluding diaryl/α,β-unsaturated/α-hetero) is 1. The van der Waals surface area contributed by atoms with E-state index in [1.54, 1.807) is 24.0 Å². The van der Waals surface area contributed by atoms with Crippen molar-refractivity contribution in [2.45, 2.75) is 65.5 Å². The number of benzene rings is 1. The molecular weight excluding hydrogens is 472 g/mol. The summed E-state index contributed by atoms with van der Waals surface area (Å²) in [6, 6.07) is 7.29. The van der Waals surface area contributed by atoms with Gasteiger partial charge >= 0.3 is 5.97 Å². The zero-order valence-electron chi connectivity index (χ0n) is 19.2. The number of carbonyl (C=O) groups excluding carboxylic acids is 3. The van der Waals surface area contributed by atoms with Gasteiger partial charge in [-0.25, -0.2) is 4.79 Å². The summed E-state index contributed by atoms with van der Waals surface area (Å²) in [5.74, 6) is -0.730. The number of nitrogens with zero attached hydrogens (tertiary/aromatic N) is 2. The number of esters is 1. The molecule has 3 rings (SSSR count). The SMILES string of the molecule is CCn1c(C)c(C(=O)CN(C(=O)c2ccc(Br)cc2)C2CCCCC2)c(C)c1C(=O)OC. The summed E-state index contributed by atoms with van der Waals surface area (Å²) in [6.45, 7) is 6.10. The van der Waals surface area contributed by atoms with E-state index in [2.05, 4.69) is 15.9 Å². The van der Waals surface area contributed by atoms with Crippen molar-refractivity contribution in [1.82, 2.24) is 9.47 Å². The van der Waals surface area contributed by atoms with E-state index in [9.17, 15) is 14.4 Å². The maximum absolute atomic E-state index is 13.6. The predicted molar refractivity (Wildman–Crippen MR) is 127 cm³/mol. The number of ketones is 1. The normalized spacial score (nSPS) is 14.3. The van der Waals surface area contributed by atoms with Gasteiger partial charge in [-0.2, -0.15) is 0 Å². The minimum atomic E-state index is -0.457. The van der Waals surface area contributed by atoms with Gasteiger partial charge in [-0.15, -0.1) is 0 Å². The molecule has 7 heteroatoms. The van der Waals surface area contributed by atoms with E-state index in [1.807, 2.05) is 30.5 Å². The van der Waals surface area contributed by atoms with Crippen molar-refractivity contribution in [3.05, 3.63) is 56.8 Å². The van der Waals surface area contributed by atoms with Gasteiger partial charge in [0.2, 0.25) is 0 Å². The van der Waals surface area contributed by atoms with Gasteiger partial charge in [-0.1, -0.05) is 35.2 Å². The maximum Gasteiger partial charge on any atom is 0.354 e. The summed E-state index contributed by atoms with van der Waals surface area (Å²) in [5.41, 5.74) is 2.83. The first kappa shape index (κ1) is 24.2. The second-order valence-electron chi connectivity index (χ2n) is 8.32. The first-order valence-corrected chi connectivity index (χ1v) is 12.0. The Hall–Kier alpha value is -2.41. The van der Waals surface area contributed by atoms with Gasteiger partial charge in [0.1, 0.15) is 5.69 Å². The van der Waals surface area contributed by atoms with Crippen molar-refractivity contribution in [3.63, 3.8) is 0 Å². The molecule has 2 aromatic rings. The molecule has 1 aliphatic rings. The van der Waals surface area contributed by atoms with Crippen LogP contribution in [0.15, 0.2) is 28.7 Å². The highest BCUT2D eigenvalue weighted by Gasteiger charge is 2.32. The smallest absolute Gasteiger partial charge is 0.354 e. The van der Waals surface area contributed by atoms with Crippen LogP contribution in [0.3, 0.4) is 0 Å². The number of aromatic nitrogens is 1. The summed E-state index contributed by atoms with van der Waals surface area (Å²) in [4.78, 5) is 41.1. The van der Waals surface area contributed by atoms with Gasteiger partial charge in [0.05, 0.1) is 13.7 Å². The number of hydrogen-bond acceptors (Lipinski definition) is 4. The zero-order valence-corrected chi connectivity index (χ0v) is 20.8. The van der Waals surface area contributed by atoms with Crippen LogP contribution in [0.25, 0.3) is 0 Å². The molecule has 172 valence electrons. The fourth-order valence-corrected chi connectivity index (χ4v) is 5.08. The van der Waals surface area contributed by atoms with E-state index < -0.39 is 5.97 Å². The molecule has 1 aromatic carbocycles. The van der Waals surface area contributed by atoms with Gasteiger partial charge in [0.25, 0.3) is 5.91 Å². The Labute approximate surface area is 198 Å². The molecule has 0 bridgehead atoms. The number of hydrogen-bond donors (Lipinski definition) is 0. The fourth-order valence-electron chi connectivity index (χ4n) is 4.81. The van der Waals surface area contributed by atoms with Crippen LogP contribution in [0.5, 0.6) is 0 Å². The zero-order chi connectivity index (χ0) is 23.4. The second kappa shape index (κ2) is 10.5. The van der Waals surface area contributed by atoms with Crippen molar-refractivity contribution < 1.29 is 19.1 Å². The standard InChI is InChI=1S/C25H31BrN2O4/c1-5-27-17(3)22(16(2)23(27)25(31)32-4)21(29)15-28(20-9-7-6-8-10-20)24(30)18-11-13-19(26)14-12-18/h11-14,20H,5-10,15H2,1-4H3. The van der Waals surface area contributed by atoms with Gasteiger partial charge in [-0.05, 0) is 63.4 Å². The lowest BCUT2D eigenvalue weighted by Crippen LogP contribution is -2.44. The van der Waals surface area contributed by atoms with Crippen molar-refractivity contribution in [2.24, 2.45) is 0 Å². The van der Waals surface area contributed by atoms with E-state index in [-0.39, 0.29) is 24.3 Å². The molecule has 0 atom stereocenters. The maximum atomic E-state index is 13.6. The number of carbonyl (C=O) groups is 3. The molecule has 1 aliphatic carbocycles. The quantitative estimate of drug-likeness (QED) is 0.378. The van der Waals surface area contributed by atoms with Crippen molar-refractivity contribution in [1.29, 1.82) is 0 Å². The van der Waals surface area contributed by atoms with Gasteiger partial charge < -0.3 is 14.2 Å². The van der Waals surface area contributed by atoms with Crippen LogP contribution in [0, 0.1) is 13.8 Å². The summed E-state index contributed by atoms with van der Waals surface area (Å²) in [5, 5.41) is 0. The van der Waals surface area contributed by atoms with Gasteiger partial charge in [-0.3, -0.25) is 9.59 Å². The number of methoxy groups -OCH3 is 1. The lowest BCUT2D eigenvalue weighted by atomic mass is 9.93. The van der Waals surface area contributed by atoms with Crippen LogP contribution in [0.1, 0.15) is 81.5 Å². The minimum absolute atomic E-state index is 0.00438. The van der Waals surface area contributed by atoms with E-state index in [0.717, 1.165) is 42.3 Å². The highest BCUT2D eigenvalue weighted by atomic mass is 79.9. The third-order valence-electron chi connectivity index (χ3n) is 6.42. The van der Waals surface area contributed by atoms with Crippen molar-refractivity contribution >= 4 is 33.6 Å². The predicted octanol–water partition coefficient (Wildman–Crippen LogP) is 5.33. The number of halogens is 1. The minimum Gasteiger partial charge on any atom is -0.464 e. The van der Waals surface area contributed by atoms with Crippen LogP contribution in [-0.2, 0) is 11.3 Å². The Morgan fingerprint density at radius 3 is 2.28 bits per heavy atom. The van der Waals surface area contributed by atoms with Crippen LogP contribution in [0.2, 0.25) is 0 Å². The fraction of sp³-hybridized carbons (Fsp3) is 0.480. The molecule has 1 heterocycles. The van der Waals surface area contributed by atoms with Crippen LogP contribution >= 0.6 is 15.9 Å². The molecule has 0 spiro atoms. The third-order valence-corrected chi connectivity index (χ3v) is 6.95. The molecule has 6 nitrogen and oxygen atoms in total. The number of rotatable bonds is 7. The largest absolute Gasteiger partial charge is 0.464 e. The van der Waals surface area contributed by atoms with E-state index >= 15 is 0 Å². The van der Waals surface area contributed by atoms with Crippen LogP contribution < -0.4 is 0 Å². The Bertz CT molecular complexity index is 1000. The highest BCUT2D eigenvalue weighted by Crippen LogP contribution is 2.28. The Kier molecular flexibility index (Phi) is 7.93. The summed E-state index contributed by atoms with van der Waals surface area (Å²) >= 11 is 3.41. The van der Waals surface area contributed by atoms with E-state index in [1.165, 1.54) is 7.11 Å². The lowest BCUT2D eigenvalue weighted by molar-refractivity contribution is 0.0584. The first-order valence-electron chi connectivity index (χ1n) is 11.2. The molecule has 0 N–H and O–H groups in total. The first-order chi connectivity index (χ1) is 15.3. The molecule has 1 amide bonds. The Balaban J connectivity index is 1.97. The van der Waals surface area contributed by atoms with Crippen LogP contribution in [-0.4, -0.2) is 46.8 Å². The molecular formula is C25H31BrN2O4. The summed E-state index contributed by atoms with van der Waals surface area (Å²) in [6.07, 6.45) is 5.07. The monoisotopic (exact) mass is 502 g/mol. The molecule has 1 saturated carbocycles. The summed E-state index contributed by atoms with van der Waals surface area (Å²) in [7, 11) is 1.34. The Morgan fingerprint density at radius 2 is 1.72 bits per heavy atom. The number of amides is 1. The molecule has 1 aromatic heterocycles. The number of ether oxygens (including phenoxy) is 1. The Morgan fingerprint density at radius 1 is 1.09 bits per heavy atom. The van der Waals surface area contributed by atoms with E-state index in [0.29, 0.717) is 28.9 Å². The highest BCUT2D eigenvalue weighted by molar-refractivity contribution is 9.10. The van der Waals surface area contributed by atoms with E-state index in [4.69, 9.17) is 4.74 Å². The topological polar surface area (TPSA) is 68.6 Å². The lowest BCUT2D eigenvalue weighted by Gasteiger charge is -2.34. The third kappa shape index (κ3) is 4.82. The molecule has 0 unspecified atom stereocenters. The molecule has 0 aliphatic heterocycles. The van der Waals surface area contributed by atoms with Crippen molar-refractivity contribution in [3.8, 4) is 0 Å². The molecule has 1 fully saturated rings. The van der Waals surface area contributed by atoms with Gasteiger partial charge in [0, 0.05) is 33.9 Å². The summed E-state index contributed by atoms with van der Waals surface area (Å²) < 4.78 is 7.67. The van der Waals surface area contributed by atoms with Crippen LogP contribution in [0.4, 0.5) is 0 Å². The molecule has 0 saturated heterocycles. The average Bonchev–Trinajstić information content (AvgIpc) is 3.06. The van der Waals surface area contributed by atoms with Crippen molar-refractivity contribution in [2.75, 3.05) is 13.7 Å².